The van der Waals surface area contributed by atoms with Crippen molar-refractivity contribution in [2.24, 2.45) is 0 Å². The quantitative estimate of drug-likeness (QED) is 0.704. The lowest BCUT2D eigenvalue weighted by Gasteiger charge is -2.29. The number of hydrogen-bond acceptors (Lipinski definition) is 6. The summed E-state index contributed by atoms with van der Waals surface area (Å²) in [4.78, 5) is 30.5. The van der Waals surface area contributed by atoms with Gasteiger partial charge in [0, 0.05) is 5.92 Å². The Hall–Kier alpha value is -3.13. The van der Waals surface area contributed by atoms with Gasteiger partial charge < -0.3 is 14.2 Å². The molecule has 1 saturated heterocycles. The van der Waals surface area contributed by atoms with Crippen LogP contribution in [0.4, 0.5) is 4.79 Å². The van der Waals surface area contributed by atoms with Crippen LogP contribution < -0.4 is 10.6 Å². The van der Waals surface area contributed by atoms with Crippen molar-refractivity contribution < 1.29 is 18.4 Å². The number of oxazole rings is 1. The molecule has 0 atom stereocenters. The van der Waals surface area contributed by atoms with E-state index in [1.165, 1.54) is 6.26 Å². The maximum absolute atomic E-state index is 12.1. The van der Waals surface area contributed by atoms with Gasteiger partial charge in [-0.05, 0) is 50.2 Å². The molecule has 0 bridgehead atoms. The van der Waals surface area contributed by atoms with Gasteiger partial charge in [0.1, 0.15) is 11.3 Å². The number of fused-ring (bicyclic) bond motifs is 1. The molecule has 3 amide bonds. The van der Waals surface area contributed by atoms with Crippen molar-refractivity contribution >= 4 is 23.0 Å². The van der Waals surface area contributed by atoms with E-state index >= 15 is 0 Å². The molecule has 3 heterocycles. The van der Waals surface area contributed by atoms with Crippen LogP contribution >= 0.6 is 0 Å². The molecule has 1 aliphatic heterocycles. The van der Waals surface area contributed by atoms with Crippen LogP contribution in [0.1, 0.15) is 30.4 Å². The molecule has 0 aliphatic carbocycles. The lowest BCUT2D eigenvalue weighted by molar-refractivity contribution is -0.121. The number of benzene rings is 1. The standard InChI is InChI=1S/C20H22N4O4/c25-18(23-20(26)21-12-15-4-3-11-27-15)13-24-9-7-14(8-10-24)19-22-16-5-1-2-6-17(16)28-19/h1-6,11,14H,7-10,12-13H2,(H2,21,23,25,26). The SMILES string of the molecule is O=C(CN1CCC(c2nc3ccccc3o2)CC1)NC(=O)NCc1ccco1. The zero-order chi connectivity index (χ0) is 19.3. The topological polar surface area (TPSA) is 101 Å². The number of imide groups is 1. The molecule has 3 aromatic rings. The molecule has 1 aliphatic rings. The van der Waals surface area contributed by atoms with Crippen LogP contribution in [0.15, 0.2) is 51.5 Å². The molecule has 28 heavy (non-hydrogen) atoms. The zero-order valence-electron chi connectivity index (χ0n) is 15.4. The Balaban J connectivity index is 1.21. The molecule has 0 unspecified atom stereocenters. The van der Waals surface area contributed by atoms with Crippen LogP contribution in [0.25, 0.3) is 11.1 Å². The highest BCUT2D eigenvalue weighted by atomic mass is 16.3. The van der Waals surface area contributed by atoms with E-state index in [1.807, 2.05) is 29.2 Å². The molecule has 8 nitrogen and oxygen atoms in total. The number of likely N-dealkylation sites (tertiary alicyclic amines) is 1. The summed E-state index contributed by atoms with van der Waals surface area (Å²) in [6, 6.07) is 10.7. The minimum absolute atomic E-state index is 0.189. The van der Waals surface area contributed by atoms with E-state index in [0.29, 0.717) is 5.76 Å². The van der Waals surface area contributed by atoms with Gasteiger partial charge in [-0.25, -0.2) is 9.78 Å². The van der Waals surface area contributed by atoms with Gasteiger partial charge >= 0.3 is 6.03 Å². The Morgan fingerprint density at radius 1 is 1.14 bits per heavy atom. The number of carbonyl (C=O) groups is 2. The number of urea groups is 1. The maximum atomic E-state index is 12.1. The van der Waals surface area contributed by atoms with Crippen LogP contribution in [-0.4, -0.2) is 41.5 Å². The second-order valence-corrected chi connectivity index (χ2v) is 6.88. The number of nitrogens with one attached hydrogen (secondary N) is 2. The second kappa shape index (κ2) is 8.26. The van der Waals surface area contributed by atoms with Crippen molar-refractivity contribution in [3.8, 4) is 0 Å². The van der Waals surface area contributed by atoms with Gasteiger partial charge in [-0.2, -0.15) is 0 Å². The summed E-state index contributed by atoms with van der Waals surface area (Å²) in [6.07, 6.45) is 3.26. The molecule has 0 radical (unpaired) electrons. The van der Waals surface area contributed by atoms with E-state index in [1.54, 1.807) is 12.1 Å². The van der Waals surface area contributed by atoms with Crippen LogP contribution in [0.2, 0.25) is 0 Å². The van der Waals surface area contributed by atoms with Crippen LogP contribution in [-0.2, 0) is 11.3 Å². The third-order valence-electron chi connectivity index (χ3n) is 4.87. The average Bonchev–Trinajstić information content (AvgIpc) is 3.36. The summed E-state index contributed by atoms with van der Waals surface area (Å²) in [5.41, 5.74) is 1.68. The van der Waals surface area contributed by atoms with Crippen LogP contribution in [0.5, 0.6) is 0 Å². The number of nitrogens with zero attached hydrogens (tertiary/aromatic N) is 2. The van der Waals surface area contributed by atoms with Crippen molar-refractivity contribution in [3.63, 3.8) is 0 Å². The Labute approximate surface area is 161 Å². The van der Waals surface area contributed by atoms with E-state index in [2.05, 4.69) is 15.6 Å². The van der Waals surface area contributed by atoms with Crippen LogP contribution in [0.3, 0.4) is 0 Å². The molecule has 146 valence electrons. The summed E-state index contributed by atoms with van der Waals surface area (Å²) in [5, 5.41) is 4.94. The van der Waals surface area contributed by atoms with Crippen LogP contribution in [0, 0.1) is 0 Å². The van der Waals surface area contributed by atoms with E-state index in [-0.39, 0.29) is 24.9 Å². The third kappa shape index (κ3) is 4.40. The predicted octanol–water partition coefficient (Wildman–Crippen LogP) is 2.63. The number of carbonyl (C=O) groups excluding carboxylic acids is 2. The molecule has 1 fully saturated rings. The Kier molecular flexibility index (Phi) is 5.38. The Morgan fingerprint density at radius 3 is 2.71 bits per heavy atom. The summed E-state index contributed by atoms with van der Waals surface area (Å²) < 4.78 is 11.0. The molecule has 2 aromatic heterocycles. The van der Waals surface area contributed by atoms with Crippen molar-refractivity contribution in [3.05, 3.63) is 54.3 Å². The molecule has 0 saturated carbocycles. The highest BCUT2D eigenvalue weighted by Crippen LogP contribution is 2.29. The Bertz CT molecular complexity index is 909. The summed E-state index contributed by atoms with van der Waals surface area (Å²) in [5.74, 6) is 1.33. The van der Waals surface area contributed by atoms with E-state index in [0.717, 1.165) is 42.9 Å². The number of para-hydroxylation sites is 2. The van der Waals surface area contributed by atoms with Gasteiger partial charge in [0.2, 0.25) is 5.91 Å². The minimum Gasteiger partial charge on any atom is -0.467 e. The zero-order valence-corrected chi connectivity index (χ0v) is 15.4. The number of amides is 3. The van der Waals surface area contributed by atoms with Crippen molar-refractivity contribution in [1.29, 1.82) is 0 Å². The first-order valence-corrected chi connectivity index (χ1v) is 9.35. The van der Waals surface area contributed by atoms with E-state index in [9.17, 15) is 9.59 Å². The second-order valence-electron chi connectivity index (χ2n) is 6.88. The van der Waals surface area contributed by atoms with Gasteiger partial charge in [0.05, 0.1) is 19.4 Å². The minimum atomic E-state index is -0.525. The van der Waals surface area contributed by atoms with Gasteiger partial charge in [-0.1, -0.05) is 12.1 Å². The van der Waals surface area contributed by atoms with Gasteiger partial charge in [-0.3, -0.25) is 15.0 Å². The summed E-state index contributed by atoms with van der Waals surface area (Å²) >= 11 is 0. The summed E-state index contributed by atoms with van der Waals surface area (Å²) in [7, 11) is 0. The maximum Gasteiger partial charge on any atom is 0.321 e. The van der Waals surface area contributed by atoms with E-state index in [4.69, 9.17) is 8.83 Å². The molecular formula is C20H22N4O4. The largest absolute Gasteiger partial charge is 0.467 e. The predicted molar refractivity (Wildman–Crippen MR) is 102 cm³/mol. The fourth-order valence-corrected chi connectivity index (χ4v) is 3.40. The fourth-order valence-electron chi connectivity index (χ4n) is 3.40. The van der Waals surface area contributed by atoms with Crippen molar-refractivity contribution in [1.82, 2.24) is 20.5 Å². The lowest BCUT2D eigenvalue weighted by Crippen LogP contribution is -2.46. The molecule has 0 spiro atoms. The number of hydrogen-bond donors (Lipinski definition) is 2. The first-order valence-electron chi connectivity index (χ1n) is 9.35. The molecular weight excluding hydrogens is 360 g/mol. The summed E-state index contributed by atoms with van der Waals surface area (Å²) in [6.45, 7) is 1.94. The van der Waals surface area contributed by atoms with Gasteiger partial charge in [-0.15, -0.1) is 0 Å². The van der Waals surface area contributed by atoms with Crippen molar-refractivity contribution in [2.45, 2.75) is 25.3 Å². The number of rotatable bonds is 5. The average molecular weight is 382 g/mol. The first-order chi connectivity index (χ1) is 13.7. The number of furan rings is 1. The molecule has 1 aromatic carbocycles. The van der Waals surface area contributed by atoms with Gasteiger partial charge in [0.15, 0.2) is 11.5 Å². The highest BCUT2D eigenvalue weighted by Gasteiger charge is 2.26. The fraction of sp³-hybridized carbons (Fsp3) is 0.350. The number of aromatic nitrogens is 1. The molecule has 8 heteroatoms. The molecule has 4 rings (SSSR count). The van der Waals surface area contributed by atoms with Crippen molar-refractivity contribution in [2.75, 3.05) is 19.6 Å². The van der Waals surface area contributed by atoms with E-state index < -0.39 is 6.03 Å². The number of piperidine rings is 1. The first kappa shape index (κ1) is 18.2. The monoisotopic (exact) mass is 382 g/mol. The smallest absolute Gasteiger partial charge is 0.321 e. The highest BCUT2D eigenvalue weighted by molar-refractivity contribution is 5.95. The lowest BCUT2D eigenvalue weighted by atomic mass is 9.97. The molecule has 2 N–H and O–H groups in total. The van der Waals surface area contributed by atoms with Gasteiger partial charge in [0.25, 0.3) is 0 Å². The third-order valence-corrected chi connectivity index (χ3v) is 4.87. The normalized spacial score (nSPS) is 15.6. The Morgan fingerprint density at radius 2 is 1.96 bits per heavy atom.